The number of carbonyl (C=O) groups is 1. The molecule has 15 heavy (non-hydrogen) atoms. The third-order valence-electron chi connectivity index (χ3n) is 2.65. The van der Waals surface area contributed by atoms with Gasteiger partial charge >= 0.3 is 5.97 Å². The zero-order chi connectivity index (χ0) is 11.6. The molecule has 0 aromatic heterocycles. The summed E-state index contributed by atoms with van der Waals surface area (Å²) in [5, 5.41) is 9.70. The molecule has 0 fully saturated rings. The van der Waals surface area contributed by atoms with Crippen molar-refractivity contribution in [2.24, 2.45) is 0 Å². The number of carboxylic acids is 1. The number of halogens is 1. The fraction of sp³-hybridized carbons (Fsp3) is 0.417. The summed E-state index contributed by atoms with van der Waals surface area (Å²) < 4.78 is 0. The highest BCUT2D eigenvalue weighted by Gasteiger charge is 2.22. The number of carboxylic acid groups (broad SMARTS) is 1. The highest BCUT2D eigenvalue weighted by atomic mass is 35.5. The Morgan fingerprint density at radius 2 is 1.93 bits per heavy atom. The lowest BCUT2D eigenvalue weighted by Gasteiger charge is -2.16. The first-order valence-electron chi connectivity index (χ1n) is 4.97. The van der Waals surface area contributed by atoms with Crippen LogP contribution >= 0.6 is 11.6 Å². The van der Waals surface area contributed by atoms with E-state index in [2.05, 4.69) is 0 Å². The summed E-state index contributed by atoms with van der Waals surface area (Å²) in [6.07, 6.45) is 0.555. The largest absolute Gasteiger partial charge is 0.481 e. The predicted octanol–water partition coefficient (Wildman–Crippen LogP) is 3.54. The first-order chi connectivity index (χ1) is 6.99. The van der Waals surface area contributed by atoms with Crippen molar-refractivity contribution in [1.82, 2.24) is 0 Å². The molecule has 82 valence electrons. The van der Waals surface area contributed by atoms with Gasteiger partial charge in [-0.15, -0.1) is 0 Å². The van der Waals surface area contributed by atoms with Crippen LogP contribution in [0.15, 0.2) is 12.1 Å². The van der Waals surface area contributed by atoms with Crippen LogP contribution in [0, 0.1) is 13.8 Å². The Bertz CT molecular complexity index is 385. The molecule has 3 heteroatoms. The molecule has 1 atom stereocenters. The Morgan fingerprint density at radius 1 is 1.40 bits per heavy atom. The Morgan fingerprint density at radius 3 is 2.40 bits per heavy atom. The molecule has 0 saturated carbocycles. The maximum absolute atomic E-state index is 11.1. The third kappa shape index (κ3) is 2.32. The molecule has 0 spiro atoms. The number of hydrogen-bond acceptors (Lipinski definition) is 1. The molecule has 0 aliphatic carbocycles. The summed E-state index contributed by atoms with van der Waals surface area (Å²) in [7, 11) is 0. The van der Waals surface area contributed by atoms with Crippen LogP contribution in [0.1, 0.15) is 36.0 Å². The quantitative estimate of drug-likeness (QED) is 0.856. The van der Waals surface area contributed by atoms with Gasteiger partial charge < -0.3 is 5.11 Å². The van der Waals surface area contributed by atoms with Gasteiger partial charge in [0.2, 0.25) is 0 Å². The lowest BCUT2D eigenvalue weighted by Crippen LogP contribution is -2.12. The second-order valence-electron chi connectivity index (χ2n) is 3.73. The number of rotatable bonds is 3. The van der Waals surface area contributed by atoms with Crippen molar-refractivity contribution < 1.29 is 9.90 Å². The molecule has 0 radical (unpaired) electrons. The van der Waals surface area contributed by atoms with Gasteiger partial charge in [0.15, 0.2) is 0 Å². The van der Waals surface area contributed by atoms with Crippen LogP contribution < -0.4 is 0 Å². The Balaban J connectivity index is 3.34. The van der Waals surface area contributed by atoms with E-state index in [4.69, 9.17) is 16.7 Å². The number of hydrogen-bond donors (Lipinski definition) is 1. The average molecular weight is 227 g/mol. The van der Waals surface area contributed by atoms with E-state index in [9.17, 15) is 4.79 Å². The van der Waals surface area contributed by atoms with Crippen LogP contribution in [0.4, 0.5) is 0 Å². The van der Waals surface area contributed by atoms with Gasteiger partial charge in [-0.2, -0.15) is 0 Å². The fourth-order valence-corrected chi connectivity index (χ4v) is 2.07. The van der Waals surface area contributed by atoms with Crippen molar-refractivity contribution in [3.63, 3.8) is 0 Å². The second kappa shape index (κ2) is 4.67. The van der Waals surface area contributed by atoms with E-state index in [1.165, 1.54) is 0 Å². The van der Waals surface area contributed by atoms with E-state index in [-0.39, 0.29) is 0 Å². The Hall–Kier alpha value is -1.02. The maximum atomic E-state index is 11.1. The van der Waals surface area contributed by atoms with Crippen molar-refractivity contribution in [2.75, 3.05) is 0 Å². The Kier molecular flexibility index (Phi) is 3.75. The lowest BCUT2D eigenvalue weighted by molar-refractivity contribution is -0.138. The van der Waals surface area contributed by atoms with Crippen molar-refractivity contribution in [3.8, 4) is 0 Å². The van der Waals surface area contributed by atoms with Crippen LogP contribution in [0.3, 0.4) is 0 Å². The van der Waals surface area contributed by atoms with E-state index < -0.39 is 11.9 Å². The van der Waals surface area contributed by atoms with E-state index >= 15 is 0 Å². The summed E-state index contributed by atoms with van der Waals surface area (Å²) >= 11 is 6.15. The zero-order valence-corrected chi connectivity index (χ0v) is 9.93. The van der Waals surface area contributed by atoms with Crippen LogP contribution in [0.5, 0.6) is 0 Å². The summed E-state index contributed by atoms with van der Waals surface area (Å²) in [5.41, 5.74) is 2.63. The monoisotopic (exact) mass is 226 g/mol. The topological polar surface area (TPSA) is 37.3 Å². The predicted molar refractivity (Wildman–Crippen MR) is 61.6 cm³/mol. The highest BCUT2D eigenvalue weighted by Crippen LogP contribution is 2.32. The number of aryl methyl sites for hydroxylation is 2. The molecule has 1 N–H and O–H groups in total. The molecular weight excluding hydrogens is 212 g/mol. The zero-order valence-electron chi connectivity index (χ0n) is 9.17. The normalized spacial score (nSPS) is 12.5. The minimum absolute atomic E-state index is 0.502. The first-order valence-corrected chi connectivity index (χ1v) is 5.35. The fourth-order valence-electron chi connectivity index (χ4n) is 1.73. The molecule has 1 aromatic rings. The number of benzene rings is 1. The molecule has 1 unspecified atom stereocenters. The van der Waals surface area contributed by atoms with Crippen LogP contribution in [-0.4, -0.2) is 11.1 Å². The maximum Gasteiger partial charge on any atom is 0.311 e. The van der Waals surface area contributed by atoms with Crippen molar-refractivity contribution in [2.45, 2.75) is 33.1 Å². The SMILES string of the molecule is CCC(C(=O)O)c1c(C)ccc(C)c1Cl. The minimum Gasteiger partial charge on any atom is -0.481 e. The summed E-state index contributed by atoms with van der Waals surface area (Å²) in [4.78, 5) is 11.1. The van der Waals surface area contributed by atoms with Gasteiger partial charge in [0.1, 0.15) is 0 Å². The van der Waals surface area contributed by atoms with Crippen LogP contribution in [0.2, 0.25) is 5.02 Å². The van der Waals surface area contributed by atoms with Gasteiger partial charge in [0.05, 0.1) is 5.92 Å². The summed E-state index contributed by atoms with van der Waals surface area (Å²) in [6.45, 7) is 5.64. The summed E-state index contributed by atoms with van der Waals surface area (Å²) in [5.74, 6) is -1.31. The standard InChI is InChI=1S/C12H15ClO2/c1-4-9(12(14)15)10-7(2)5-6-8(3)11(10)13/h5-6,9H,4H2,1-3H3,(H,14,15). The highest BCUT2D eigenvalue weighted by molar-refractivity contribution is 6.32. The molecule has 0 aliphatic rings. The minimum atomic E-state index is -0.812. The average Bonchev–Trinajstić information content (AvgIpc) is 2.18. The van der Waals surface area contributed by atoms with E-state index in [0.717, 1.165) is 16.7 Å². The second-order valence-corrected chi connectivity index (χ2v) is 4.10. The van der Waals surface area contributed by atoms with Crippen molar-refractivity contribution in [1.29, 1.82) is 0 Å². The molecular formula is C12H15ClO2. The van der Waals surface area contributed by atoms with E-state index in [1.807, 2.05) is 32.9 Å². The Labute approximate surface area is 94.9 Å². The van der Waals surface area contributed by atoms with Gasteiger partial charge in [-0.3, -0.25) is 4.79 Å². The van der Waals surface area contributed by atoms with Gasteiger partial charge in [0, 0.05) is 5.02 Å². The molecule has 1 rings (SSSR count). The van der Waals surface area contributed by atoms with Gasteiger partial charge in [-0.25, -0.2) is 0 Å². The summed E-state index contributed by atoms with van der Waals surface area (Å²) in [6, 6.07) is 3.83. The van der Waals surface area contributed by atoms with Crippen molar-refractivity contribution in [3.05, 3.63) is 33.8 Å². The molecule has 0 bridgehead atoms. The van der Waals surface area contributed by atoms with Gasteiger partial charge in [-0.1, -0.05) is 30.7 Å². The molecule has 0 aliphatic heterocycles. The molecule has 2 nitrogen and oxygen atoms in total. The van der Waals surface area contributed by atoms with Crippen molar-refractivity contribution >= 4 is 17.6 Å². The third-order valence-corrected chi connectivity index (χ3v) is 3.15. The van der Waals surface area contributed by atoms with E-state index in [0.29, 0.717) is 11.4 Å². The number of aliphatic carboxylic acids is 1. The molecule has 0 saturated heterocycles. The van der Waals surface area contributed by atoms with Crippen LogP contribution in [0.25, 0.3) is 0 Å². The molecule has 0 amide bonds. The molecule has 0 heterocycles. The molecule has 1 aromatic carbocycles. The van der Waals surface area contributed by atoms with Gasteiger partial charge in [-0.05, 0) is 37.0 Å². The smallest absolute Gasteiger partial charge is 0.311 e. The first kappa shape index (κ1) is 12.1. The van der Waals surface area contributed by atoms with E-state index in [1.54, 1.807) is 0 Å². The van der Waals surface area contributed by atoms with Gasteiger partial charge in [0.25, 0.3) is 0 Å². The lowest BCUT2D eigenvalue weighted by atomic mass is 9.91. The van der Waals surface area contributed by atoms with Crippen LogP contribution in [-0.2, 0) is 4.79 Å².